The predicted octanol–water partition coefficient (Wildman–Crippen LogP) is 0.545. The van der Waals surface area contributed by atoms with Crippen LogP contribution >= 0.6 is 0 Å². The fourth-order valence-corrected chi connectivity index (χ4v) is 0.892. The summed E-state index contributed by atoms with van der Waals surface area (Å²) in [6.45, 7) is -0.706. The molecule has 0 aliphatic heterocycles. The average Bonchev–Trinajstić information content (AvgIpc) is 2.07. The van der Waals surface area contributed by atoms with Gasteiger partial charge in [-0.3, -0.25) is 4.79 Å². The van der Waals surface area contributed by atoms with Crippen molar-refractivity contribution in [3.05, 3.63) is 0 Å². The van der Waals surface area contributed by atoms with Crippen molar-refractivity contribution in [1.82, 2.24) is 5.32 Å². The Hall–Kier alpha value is -1.31. The second kappa shape index (κ2) is 6.31. The normalized spacial score (nSPS) is 13.2. The zero-order valence-corrected chi connectivity index (χ0v) is 8.50. The molecule has 0 saturated carbocycles. The van der Waals surface area contributed by atoms with Gasteiger partial charge in [-0.15, -0.1) is 0 Å². The van der Waals surface area contributed by atoms with Gasteiger partial charge in [-0.25, -0.2) is 4.79 Å². The summed E-state index contributed by atoms with van der Waals surface area (Å²) < 4.78 is 39.1. The highest BCUT2D eigenvalue weighted by Crippen LogP contribution is 2.14. The third kappa shape index (κ3) is 8.04. The average molecular weight is 243 g/mol. The molecule has 0 aromatic rings. The molecular weight excluding hydrogens is 231 g/mol. The summed E-state index contributed by atoms with van der Waals surface area (Å²) >= 11 is 0. The van der Waals surface area contributed by atoms with Gasteiger partial charge in [0.25, 0.3) is 0 Å². The third-order valence-corrected chi connectivity index (χ3v) is 1.49. The molecule has 94 valence electrons. The number of carbonyl (C=O) groups is 2. The predicted molar refractivity (Wildman–Crippen MR) is 46.7 cm³/mol. The molecule has 0 aromatic heterocycles. The van der Waals surface area contributed by atoms with Crippen molar-refractivity contribution in [2.75, 3.05) is 13.2 Å². The maximum absolute atomic E-state index is 11.6. The number of hydrogen-bond donors (Lipinski definition) is 2. The van der Waals surface area contributed by atoms with E-state index in [0.717, 1.165) is 6.92 Å². The van der Waals surface area contributed by atoms with E-state index < -0.39 is 37.3 Å². The van der Waals surface area contributed by atoms with E-state index in [-0.39, 0.29) is 6.42 Å². The Balaban J connectivity index is 3.86. The summed E-state index contributed by atoms with van der Waals surface area (Å²) in [6.07, 6.45) is -4.66. The van der Waals surface area contributed by atoms with Crippen LogP contribution in [0, 0.1) is 0 Å². The van der Waals surface area contributed by atoms with Gasteiger partial charge in [-0.05, 0) is 0 Å². The molecule has 8 heteroatoms. The van der Waals surface area contributed by atoms with Gasteiger partial charge in [0.2, 0.25) is 5.91 Å². The highest BCUT2D eigenvalue weighted by atomic mass is 19.4. The number of carbonyl (C=O) groups excluding carboxylic acids is 1. The summed E-state index contributed by atoms with van der Waals surface area (Å²) in [7, 11) is 0. The van der Waals surface area contributed by atoms with Gasteiger partial charge in [-0.1, -0.05) is 0 Å². The smallest absolute Gasteiger partial charge is 0.411 e. The number of carboxylic acid groups (broad SMARTS) is 1. The summed E-state index contributed by atoms with van der Waals surface area (Å²) in [5.74, 6) is -1.88. The molecule has 0 aliphatic carbocycles. The van der Waals surface area contributed by atoms with E-state index in [1.807, 2.05) is 0 Å². The lowest BCUT2D eigenvalue weighted by atomic mass is 10.2. The van der Waals surface area contributed by atoms with E-state index in [0.29, 0.717) is 0 Å². The van der Waals surface area contributed by atoms with Gasteiger partial charge in [0, 0.05) is 20.0 Å². The molecule has 0 fully saturated rings. The minimum absolute atomic E-state index is 0.217. The second-order valence-electron chi connectivity index (χ2n) is 3.05. The van der Waals surface area contributed by atoms with Gasteiger partial charge < -0.3 is 15.2 Å². The van der Waals surface area contributed by atoms with Crippen LogP contribution in [0.2, 0.25) is 0 Å². The van der Waals surface area contributed by atoms with Gasteiger partial charge in [0.1, 0.15) is 12.6 Å². The Kier molecular flexibility index (Phi) is 5.79. The van der Waals surface area contributed by atoms with Crippen LogP contribution in [-0.2, 0) is 14.3 Å². The standard InChI is InChI=1S/C8H12F3NO4/c1-5(13)12-6(7(14)15)2-3-16-4-8(9,10)11/h6H,2-4H2,1H3,(H,12,13)(H,14,15). The van der Waals surface area contributed by atoms with Crippen molar-refractivity contribution in [2.45, 2.75) is 25.6 Å². The number of alkyl halides is 3. The molecule has 0 radical (unpaired) electrons. The number of amides is 1. The van der Waals surface area contributed by atoms with Gasteiger partial charge >= 0.3 is 12.1 Å². The maximum atomic E-state index is 11.6. The van der Waals surface area contributed by atoms with Crippen LogP contribution in [0.5, 0.6) is 0 Å². The second-order valence-corrected chi connectivity index (χ2v) is 3.05. The molecule has 0 aromatic carbocycles. The minimum Gasteiger partial charge on any atom is -0.480 e. The van der Waals surface area contributed by atoms with Crippen LogP contribution in [0.1, 0.15) is 13.3 Å². The molecule has 0 spiro atoms. The summed E-state index contributed by atoms with van der Waals surface area (Å²) in [5, 5.41) is 10.7. The molecule has 2 N–H and O–H groups in total. The first-order valence-corrected chi connectivity index (χ1v) is 4.37. The van der Waals surface area contributed by atoms with Crippen molar-refractivity contribution < 1.29 is 32.6 Å². The fraction of sp³-hybridized carbons (Fsp3) is 0.750. The SMILES string of the molecule is CC(=O)NC(CCOCC(F)(F)F)C(=O)O. The van der Waals surface area contributed by atoms with Crippen LogP contribution in [0.4, 0.5) is 13.2 Å². The van der Waals surface area contributed by atoms with Crippen molar-refractivity contribution in [2.24, 2.45) is 0 Å². The van der Waals surface area contributed by atoms with Crippen molar-refractivity contribution in [3.63, 3.8) is 0 Å². The first kappa shape index (κ1) is 14.7. The number of hydrogen-bond acceptors (Lipinski definition) is 3. The lowest BCUT2D eigenvalue weighted by Gasteiger charge is -2.13. The molecule has 0 aliphatic rings. The highest BCUT2D eigenvalue weighted by Gasteiger charge is 2.27. The molecule has 1 atom stereocenters. The molecule has 16 heavy (non-hydrogen) atoms. The molecule has 5 nitrogen and oxygen atoms in total. The lowest BCUT2D eigenvalue weighted by Crippen LogP contribution is -2.40. The van der Waals surface area contributed by atoms with Crippen LogP contribution in [0.15, 0.2) is 0 Å². The zero-order chi connectivity index (χ0) is 12.8. The largest absolute Gasteiger partial charge is 0.480 e. The molecule has 0 bridgehead atoms. The number of nitrogens with one attached hydrogen (secondary N) is 1. The molecule has 1 unspecified atom stereocenters. The number of carboxylic acids is 1. The van der Waals surface area contributed by atoms with Crippen LogP contribution in [-0.4, -0.2) is 42.4 Å². The van der Waals surface area contributed by atoms with E-state index in [1.54, 1.807) is 0 Å². The van der Waals surface area contributed by atoms with E-state index in [1.165, 1.54) is 0 Å². The zero-order valence-electron chi connectivity index (χ0n) is 8.50. The first-order valence-electron chi connectivity index (χ1n) is 4.37. The lowest BCUT2D eigenvalue weighted by molar-refractivity contribution is -0.174. The Morgan fingerprint density at radius 1 is 1.44 bits per heavy atom. The summed E-state index contributed by atoms with van der Waals surface area (Å²) in [6, 6.07) is -1.23. The van der Waals surface area contributed by atoms with E-state index in [9.17, 15) is 22.8 Å². The topological polar surface area (TPSA) is 75.6 Å². The third-order valence-electron chi connectivity index (χ3n) is 1.49. The Bertz CT molecular complexity index is 254. The quantitative estimate of drug-likeness (QED) is 0.668. The Morgan fingerprint density at radius 2 is 2.00 bits per heavy atom. The summed E-state index contributed by atoms with van der Waals surface area (Å²) in [4.78, 5) is 21.1. The number of aliphatic carboxylic acids is 1. The molecule has 0 heterocycles. The van der Waals surface area contributed by atoms with E-state index >= 15 is 0 Å². The molecular formula is C8H12F3NO4. The summed E-state index contributed by atoms with van der Waals surface area (Å²) in [5.41, 5.74) is 0. The van der Waals surface area contributed by atoms with Gasteiger partial charge in [0.15, 0.2) is 0 Å². The fourth-order valence-electron chi connectivity index (χ4n) is 0.892. The van der Waals surface area contributed by atoms with E-state index in [4.69, 9.17) is 5.11 Å². The van der Waals surface area contributed by atoms with Crippen molar-refractivity contribution >= 4 is 11.9 Å². The molecule has 0 rings (SSSR count). The number of rotatable bonds is 6. The highest BCUT2D eigenvalue weighted by molar-refractivity contribution is 5.81. The van der Waals surface area contributed by atoms with Crippen LogP contribution in [0.3, 0.4) is 0 Å². The maximum Gasteiger partial charge on any atom is 0.411 e. The minimum atomic E-state index is -4.44. The Labute approximate surface area is 89.6 Å². The van der Waals surface area contributed by atoms with Crippen molar-refractivity contribution in [3.8, 4) is 0 Å². The van der Waals surface area contributed by atoms with Crippen LogP contribution < -0.4 is 5.32 Å². The van der Waals surface area contributed by atoms with Crippen molar-refractivity contribution in [1.29, 1.82) is 0 Å². The molecule has 0 saturated heterocycles. The molecule has 1 amide bonds. The van der Waals surface area contributed by atoms with Gasteiger partial charge in [0.05, 0.1) is 0 Å². The first-order chi connectivity index (χ1) is 7.22. The Morgan fingerprint density at radius 3 is 2.38 bits per heavy atom. The van der Waals surface area contributed by atoms with Crippen LogP contribution in [0.25, 0.3) is 0 Å². The number of halogens is 3. The monoisotopic (exact) mass is 243 g/mol. The van der Waals surface area contributed by atoms with E-state index in [2.05, 4.69) is 10.1 Å². The van der Waals surface area contributed by atoms with Gasteiger partial charge in [-0.2, -0.15) is 13.2 Å². The number of ether oxygens (including phenoxy) is 1.